The number of carbonyl (C=O) groups is 1. The lowest BCUT2D eigenvalue weighted by molar-refractivity contribution is -0.911. The number of hydrogen-bond donors (Lipinski definition) is 2. The maximum atomic E-state index is 12.2. The number of benzene rings is 1. The summed E-state index contributed by atoms with van der Waals surface area (Å²) in [7, 11) is 3.20. The van der Waals surface area contributed by atoms with Crippen molar-refractivity contribution in [2.45, 2.75) is 26.7 Å². The average molecular weight is 321 g/mol. The van der Waals surface area contributed by atoms with Crippen LogP contribution >= 0.6 is 0 Å². The second-order valence-corrected chi connectivity index (χ2v) is 6.75. The molecular weight excluding hydrogens is 292 g/mol. The number of hydrogen-bond acceptors (Lipinski definition) is 3. The molecule has 2 atom stereocenters. The molecule has 1 aliphatic rings. The van der Waals surface area contributed by atoms with E-state index in [1.54, 1.807) is 32.4 Å². The highest BCUT2D eigenvalue weighted by Gasteiger charge is 2.25. The Morgan fingerprint density at radius 1 is 1.13 bits per heavy atom. The molecule has 1 amide bonds. The fourth-order valence-corrected chi connectivity index (χ4v) is 3.52. The van der Waals surface area contributed by atoms with Gasteiger partial charge < -0.3 is 19.7 Å². The Kier molecular flexibility index (Phi) is 6.28. The van der Waals surface area contributed by atoms with E-state index in [0.29, 0.717) is 23.6 Å². The standard InChI is InChI=1S/C18H28N2O3/c1-13-7-14(2)12-20(11-13)6-5-18(21)19-15-8-16(22-3)10-17(9-15)23-4/h8-10,13-14H,5-7,11-12H2,1-4H3,(H,19,21)/p+1/t13-,14-/m0/s1. The van der Waals surface area contributed by atoms with Crippen molar-refractivity contribution in [2.24, 2.45) is 11.8 Å². The van der Waals surface area contributed by atoms with Gasteiger partial charge in [0.25, 0.3) is 0 Å². The lowest BCUT2D eigenvalue weighted by Gasteiger charge is -2.31. The monoisotopic (exact) mass is 321 g/mol. The van der Waals surface area contributed by atoms with Gasteiger partial charge in [-0.05, 0) is 6.42 Å². The normalized spacial score (nSPS) is 24.1. The number of nitrogens with one attached hydrogen (secondary N) is 2. The molecule has 0 saturated carbocycles. The van der Waals surface area contributed by atoms with Crippen LogP contribution < -0.4 is 19.7 Å². The van der Waals surface area contributed by atoms with Crippen LogP contribution in [0, 0.1) is 11.8 Å². The minimum atomic E-state index is 0.0404. The molecule has 0 aromatic heterocycles. The van der Waals surface area contributed by atoms with Crippen molar-refractivity contribution in [3.05, 3.63) is 18.2 Å². The number of methoxy groups -OCH3 is 2. The molecule has 0 aliphatic carbocycles. The second kappa shape index (κ2) is 8.20. The molecule has 1 heterocycles. The third kappa shape index (κ3) is 5.43. The Labute approximate surface area is 139 Å². The maximum Gasteiger partial charge on any atom is 0.230 e. The third-order valence-electron chi connectivity index (χ3n) is 4.42. The van der Waals surface area contributed by atoms with Crippen LogP contribution in [0.4, 0.5) is 5.69 Å². The minimum Gasteiger partial charge on any atom is -0.497 e. The van der Waals surface area contributed by atoms with Gasteiger partial charge in [0.15, 0.2) is 0 Å². The molecule has 1 aliphatic heterocycles. The van der Waals surface area contributed by atoms with Gasteiger partial charge in [-0.3, -0.25) is 4.79 Å². The number of ether oxygens (including phenoxy) is 2. The first-order valence-corrected chi connectivity index (χ1v) is 8.36. The van der Waals surface area contributed by atoms with Crippen LogP contribution in [0.2, 0.25) is 0 Å². The minimum absolute atomic E-state index is 0.0404. The highest BCUT2D eigenvalue weighted by atomic mass is 16.5. The van der Waals surface area contributed by atoms with E-state index in [-0.39, 0.29) is 5.91 Å². The molecule has 5 heteroatoms. The molecule has 1 fully saturated rings. The third-order valence-corrected chi connectivity index (χ3v) is 4.42. The Hall–Kier alpha value is -1.75. The Morgan fingerprint density at radius 2 is 1.70 bits per heavy atom. The molecule has 2 N–H and O–H groups in total. The molecule has 128 valence electrons. The lowest BCUT2D eigenvalue weighted by atomic mass is 9.92. The summed E-state index contributed by atoms with van der Waals surface area (Å²) in [5.74, 6) is 2.88. The first kappa shape index (κ1) is 17.6. The van der Waals surface area contributed by atoms with E-state index in [1.165, 1.54) is 24.4 Å². The highest BCUT2D eigenvalue weighted by Crippen LogP contribution is 2.25. The molecule has 0 spiro atoms. The number of rotatable bonds is 6. The van der Waals surface area contributed by atoms with Crippen LogP contribution in [0.15, 0.2) is 18.2 Å². The smallest absolute Gasteiger partial charge is 0.230 e. The Balaban J connectivity index is 1.87. The Bertz CT molecular complexity index is 501. The summed E-state index contributed by atoms with van der Waals surface area (Å²) in [6.45, 7) is 7.84. The summed E-state index contributed by atoms with van der Waals surface area (Å²) in [4.78, 5) is 13.7. The van der Waals surface area contributed by atoms with E-state index in [1.807, 2.05) is 0 Å². The largest absolute Gasteiger partial charge is 0.497 e. The van der Waals surface area contributed by atoms with Crippen molar-refractivity contribution in [1.82, 2.24) is 0 Å². The predicted octanol–water partition coefficient (Wildman–Crippen LogP) is 1.59. The zero-order valence-corrected chi connectivity index (χ0v) is 14.6. The number of amides is 1. The SMILES string of the molecule is COc1cc(NC(=O)CC[NH+]2C[C@@H](C)C[C@H](C)C2)cc(OC)c1. The fraction of sp³-hybridized carbons (Fsp3) is 0.611. The number of piperidine rings is 1. The van der Waals surface area contributed by atoms with Gasteiger partial charge in [-0.1, -0.05) is 13.8 Å². The molecule has 0 radical (unpaired) electrons. The molecule has 2 rings (SSSR count). The second-order valence-electron chi connectivity index (χ2n) is 6.75. The topological polar surface area (TPSA) is 52.0 Å². The Morgan fingerprint density at radius 3 is 2.22 bits per heavy atom. The summed E-state index contributed by atoms with van der Waals surface area (Å²) in [5, 5.41) is 2.94. The van der Waals surface area contributed by atoms with E-state index in [0.717, 1.165) is 18.4 Å². The number of likely N-dealkylation sites (tertiary alicyclic amines) is 1. The van der Waals surface area contributed by atoms with Gasteiger partial charge in [-0.25, -0.2) is 0 Å². The molecule has 0 unspecified atom stereocenters. The molecule has 23 heavy (non-hydrogen) atoms. The van der Waals surface area contributed by atoms with Gasteiger partial charge in [0, 0.05) is 35.7 Å². The van der Waals surface area contributed by atoms with Crippen molar-refractivity contribution in [3.8, 4) is 11.5 Å². The van der Waals surface area contributed by atoms with Gasteiger partial charge in [-0.15, -0.1) is 0 Å². The molecule has 0 bridgehead atoms. The zero-order chi connectivity index (χ0) is 16.8. The van der Waals surface area contributed by atoms with Gasteiger partial charge >= 0.3 is 0 Å². The molecule has 1 saturated heterocycles. The highest BCUT2D eigenvalue weighted by molar-refractivity contribution is 5.91. The van der Waals surface area contributed by atoms with Crippen LogP contribution in [0.5, 0.6) is 11.5 Å². The van der Waals surface area contributed by atoms with Crippen LogP contribution in [-0.2, 0) is 4.79 Å². The maximum absolute atomic E-state index is 12.2. The predicted molar refractivity (Wildman–Crippen MR) is 91.3 cm³/mol. The zero-order valence-electron chi connectivity index (χ0n) is 14.6. The lowest BCUT2D eigenvalue weighted by Crippen LogP contribution is -3.14. The van der Waals surface area contributed by atoms with E-state index in [2.05, 4.69) is 19.2 Å². The van der Waals surface area contributed by atoms with Crippen LogP contribution in [0.1, 0.15) is 26.7 Å². The number of quaternary nitrogens is 1. The van der Waals surface area contributed by atoms with Crippen molar-refractivity contribution in [2.75, 3.05) is 39.2 Å². The van der Waals surface area contributed by atoms with Crippen molar-refractivity contribution in [3.63, 3.8) is 0 Å². The van der Waals surface area contributed by atoms with Gasteiger partial charge in [-0.2, -0.15) is 0 Å². The number of anilines is 1. The van der Waals surface area contributed by atoms with Gasteiger partial charge in [0.1, 0.15) is 11.5 Å². The molecule has 5 nitrogen and oxygen atoms in total. The average Bonchev–Trinajstić information content (AvgIpc) is 2.51. The van der Waals surface area contributed by atoms with Crippen LogP contribution in [0.3, 0.4) is 0 Å². The van der Waals surface area contributed by atoms with Crippen molar-refractivity contribution < 1.29 is 19.2 Å². The van der Waals surface area contributed by atoms with Crippen LogP contribution in [-0.4, -0.2) is 39.8 Å². The summed E-state index contributed by atoms with van der Waals surface area (Å²) < 4.78 is 10.4. The van der Waals surface area contributed by atoms with Gasteiger partial charge in [0.2, 0.25) is 5.91 Å². The quantitative estimate of drug-likeness (QED) is 0.837. The fourth-order valence-electron chi connectivity index (χ4n) is 3.52. The van der Waals surface area contributed by atoms with E-state index in [4.69, 9.17) is 9.47 Å². The van der Waals surface area contributed by atoms with Gasteiger partial charge in [0.05, 0.1) is 40.3 Å². The summed E-state index contributed by atoms with van der Waals surface area (Å²) in [6, 6.07) is 5.40. The summed E-state index contributed by atoms with van der Waals surface area (Å²) in [6.07, 6.45) is 1.84. The van der Waals surface area contributed by atoms with E-state index < -0.39 is 0 Å². The van der Waals surface area contributed by atoms with E-state index in [9.17, 15) is 4.79 Å². The molecule has 1 aromatic carbocycles. The first-order valence-electron chi connectivity index (χ1n) is 8.36. The van der Waals surface area contributed by atoms with E-state index >= 15 is 0 Å². The first-order chi connectivity index (χ1) is 11.0. The molecular formula is C18H29N2O3+. The summed E-state index contributed by atoms with van der Waals surface area (Å²) in [5.41, 5.74) is 0.710. The summed E-state index contributed by atoms with van der Waals surface area (Å²) >= 11 is 0. The van der Waals surface area contributed by atoms with Crippen molar-refractivity contribution in [1.29, 1.82) is 0 Å². The van der Waals surface area contributed by atoms with Crippen molar-refractivity contribution >= 4 is 11.6 Å². The van der Waals surface area contributed by atoms with Crippen LogP contribution in [0.25, 0.3) is 0 Å². The number of carbonyl (C=O) groups excluding carboxylic acids is 1. The molecule has 1 aromatic rings.